The molecule has 2 atom stereocenters. The van der Waals surface area contributed by atoms with E-state index in [1.807, 2.05) is 25.1 Å². The fraction of sp³-hybridized carbons (Fsp3) is 0.600. The number of thioether (sulfide) groups is 1. The van der Waals surface area contributed by atoms with E-state index in [0.29, 0.717) is 0 Å². The van der Waals surface area contributed by atoms with Crippen LogP contribution in [-0.2, 0) is 0 Å². The second-order valence-corrected chi connectivity index (χ2v) is 6.23. The molecule has 1 nitrogen and oxygen atoms in total. The molecular weight excluding hydrogens is 283 g/mol. The van der Waals surface area contributed by atoms with Gasteiger partial charge in [-0.1, -0.05) is 25.1 Å². The summed E-state index contributed by atoms with van der Waals surface area (Å²) >= 11 is 1.75. The highest BCUT2D eigenvalue weighted by Gasteiger charge is 2.34. The number of hydrogen-bond acceptors (Lipinski definition) is 2. The van der Waals surface area contributed by atoms with Gasteiger partial charge in [-0.05, 0) is 31.0 Å². The van der Waals surface area contributed by atoms with E-state index in [-0.39, 0.29) is 18.4 Å². The largest absolute Gasteiger partial charge is 0.389 e. The predicted molar refractivity (Wildman–Crippen MR) is 77.3 cm³/mol. The predicted octanol–water partition coefficient (Wildman–Crippen LogP) is 4.59. The van der Waals surface area contributed by atoms with Crippen LogP contribution in [-0.4, -0.2) is 24.5 Å². The number of fused-ring (bicyclic) bond motifs is 1. The number of rotatable bonds is 6. The number of nitrogens with one attached hydrogen (secondary N) is 1. The monoisotopic (exact) mass is 303 g/mol. The average Bonchev–Trinajstić information content (AvgIpc) is 2.82. The SMILES string of the molecule is CCCNC(CCC(F)(F)F)C1CSc2ccccc21. The zero-order valence-electron chi connectivity index (χ0n) is 11.5. The van der Waals surface area contributed by atoms with Crippen LogP contribution in [0.2, 0.25) is 0 Å². The highest BCUT2D eigenvalue weighted by Crippen LogP contribution is 2.42. The topological polar surface area (TPSA) is 12.0 Å². The van der Waals surface area contributed by atoms with Crippen molar-refractivity contribution in [2.75, 3.05) is 12.3 Å². The summed E-state index contributed by atoms with van der Waals surface area (Å²) in [5, 5.41) is 3.31. The molecule has 5 heteroatoms. The Hall–Kier alpha value is -0.680. The molecule has 112 valence electrons. The van der Waals surface area contributed by atoms with E-state index in [0.717, 1.165) is 18.7 Å². The van der Waals surface area contributed by atoms with Crippen LogP contribution in [0.4, 0.5) is 13.2 Å². The molecule has 0 radical (unpaired) electrons. The van der Waals surface area contributed by atoms with E-state index in [4.69, 9.17) is 0 Å². The van der Waals surface area contributed by atoms with Crippen molar-refractivity contribution in [3.63, 3.8) is 0 Å². The van der Waals surface area contributed by atoms with Crippen LogP contribution in [0.25, 0.3) is 0 Å². The van der Waals surface area contributed by atoms with Gasteiger partial charge in [0.1, 0.15) is 0 Å². The molecule has 0 aliphatic carbocycles. The van der Waals surface area contributed by atoms with E-state index in [1.165, 1.54) is 10.5 Å². The second-order valence-electron chi connectivity index (χ2n) is 5.17. The number of benzene rings is 1. The van der Waals surface area contributed by atoms with Gasteiger partial charge in [-0.2, -0.15) is 13.2 Å². The highest BCUT2D eigenvalue weighted by molar-refractivity contribution is 7.99. The normalized spacial score (nSPS) is 19.9. The summed E-state index contributed by atoms with van der Waals surface area (Å²) in [6.45, 7) is 2.80. The maximum absolute atomic E-state index is 12.5. The first kappa shape index (κ1) is 15.7. The van der Waals surface area contributed by atoms with Crippen LogP contribution in [0.1, 0.15) is 37.7 Å². The molecular formula is C15H20F3NS. The van der Waals surface area contributed by atoms with E-state index in [2.05, 4.69) is 11.4 Å². The molecule has 1 aromatic carbocycles. The van der Waals surface area contributed by atoms with Gasteiger partial charge < -0.3 is 5.32 Å². The molecule has 0 aromatic heterocycles. The Morgan fingerprint density at radius 3 is 2.80 bits per heavy atom. The summed E-state index contributed by atoms with van der Waals surface area (Å²) in [5.74, 6) is 1.06. The molecule has 1 aliphatic heterocycles. The Bertz CT molecular complexity index is 433. The van der Waals surface area contributed by atoms with E-state index in [9.17, 15) is 13.2 Å². The van der Waals surface area contributed by atoms with E-state index in [1.54, 1.807) is 11.8 Å². The first-order chi connectivity index (χ1) is 9.51. The Balaban J connectivity index is 2.07. The van der Waals surface area contributed by atoms with Crippen molar-refractivity contribution in [2.24, 2.45) is 0 Å². The van der Waals surface area contributed by atoms with Crippen molar-refractivity contribution in [3.05, 3.63) is 29.8 Å². The fourth-order valence-electron chi connectivity index (χ4n) is 2.61. The minimum atomic E-state index is -4.07. The van der Waals surface area contributed by atoms with Gasteiger partial charge in [0.05, 0.1) is 0 Å². The lowest BCUT2D eigenvalue weighted by molar-refractivity contribution is -0.136. The Kier molecular flexibility index (Phi) is 5.38. The minimum Gasteiger partial charge on any atom is -0.313 e. The molecule has 20 heavy (non-hydrogen) atoms. The average molecular weight is 303 g/mol. The standard InChI is InChI=1S/C15H20F3NS/c1-2-9-19-13(7-8-15(16,17)18)12-10-20-14-6-4-3-5-11(12)14/h3-6,12-13,19H,2,7-10H2,1H3. The molecule has 2 rings (SSSR count). The maximum Gasteiger partial charge on any atom is 0.389 e. The van der Waals surface area contributed by atoms with Crippen LogP contribution in [0.15, 0.2) is 29.2 Å². The molecule has 2 unspecified atom stereocenters. The summed E-state index contributed by atoms with van der Waals surface area (Å²) in [6, 6.07) is 7.97. The molecule has 1 aliphatic rings. The fourth-order valence-corrected chi connectivity index (χ4v) is 3.95. The number of hydrogen-bond donors (Lipinski definition) is 1. The molecule has 0 spiro atoms. The molecule has 0 bridgehead atoms. The summed E-state index contributed by atoms with van der Waals surface area (Å²) < 4.78 is 37.5. The zero-order valence-corrected chi connectivity index (χ0v) is 12.4. The Labute approximate surface area is 122 Å². The maximum atomic E-state index is 12.5. The van der Waals surface area contributed by atoms with Gasteiger partial charge in [-0.25, -0.2) is 0 Å². The first-order valence-electron chi connectivity index (χ1n) is 7.03. The first-order valence-corrected chi connectivity index (χ1v) is 8.01. The summed E-state index contributed by atoms with van der Waals surface area (Å²) in [5.41, 5.74) is 1.20. The van der Waals surface area contributed by atoms with Crippen molar-refractivity contribution in [3.8, 4) is 0 Å². The van der Waals surface area contributed by atoms with E-state index >= 15 is 0 Å². The quantitative estimate of drug-likeness (QED) is 0.825. The summed E-state index contributed by atoms with van der Waals surface area (Å²) in [4.78, 5) is 1.22. The van der Waals surface area contributed by atoms with Gasteiger partial charge in [-0.15, -0.1) is 11.8 Å². The van der Waals surface area contributed by atoms with Gasteiger partial charge in [0.25, 0.3) is 0 Å². The third-order valence-electron chi connectivity index (χ3n) is 3.62. The minimum absolute atomic E-state index is 0.0901. The number of halogens is 3. The van der Waals surface area contributed by atoms with Gasteiger partial charge >= 0.3 is 6.18 Å². The van der Waals surface area contributed by atoms with Crippen molar-refractivity contribution >= 4 is 11.8 Å². The second kappa shape index (κ2) is 6.85. The Morgan fingerprint density at radius 1 is 1.35 bits per heavy atom. The van der Waals surface area contributed by atoms with Crippen LogP contribution in [0, 0.1) is 0 Å². The smallest absolute Gasteiger partial charge is 0.313 e. The van der Waals surface area contributed by atoms with Gasteiger partial charge in [0.2, 0.25) is 0 Å². The van der Waals surface area contributed by atoms with Crippen molar-refractivity contribution in [2.45, 2.75) is 49.2 Å². The third-order valence-corrected chi connectivity index (χ3v) is 4.83. The molecule has 0 fully saturated rings. The van der Waals surface area contributed by atoms with Gasteiger partial charge in [-0.3, -0.25) is 0 Å². The molecule has 0 saturated heterocycles. The lowest BCUT2D eigenvalue weighted by Crippen LogP contribution is -2.36. The van der Waals surface area contributed by atoms with Gasteiger partial charge in [0, 0.05) is 29.0 Å². The number of alkyl halides is 3. The Morgan fingerprint density at radius 2 is 2.10 bits per heavy atom. The van der Waals surface area contributed by atoms with Crippen LogP contribution < -0.4 is 5.32 Å². The van der Waals surface area contributed by atoms with E-state index < -0.39 is 12.6 Å². The van der Waals surface area contributed by atoms with Crippen molar-refractivity contribution < 1.29 is 13.2 Å². The third kappa shape index (κ3) is 4.16. The molecule has 0 saturated carbocycles. The molecule has 1 N–H and O–H groups in total. The lowest BCUT2D eigenvalue weighted by atomic mass is 9.90. The van der Waals surface area contributed by atoms with Crippen LogP contribution in [0.5, 0.6) is 0 Å². The summed E-state index contributed by atoms with van der Waals surface area (Å²) in [7, 11) is 0. The molecule has 1 heterocycles. The summed E-state index contributed by atoms with van der Waals surface area (Å²) in [6.07, 6.45) is -3.69. The highest BCUT2D eigenvalue weighted by atomic mass is 32.2. The van der Waals surface area contributed by atoms with Crippen LogP contribution in [0.3, 0.4) is 0 Å². The lowest BCUT2D eigenvalue weighted by Gasteiger charge is -2.25. The molecule has 0 amide bonds. The molecule has 1 aromatic rings. The van der Waals surface area contributed by atoms with Crippen molar-refractivity contribution in [1.82, 2.24) is 5.32 Å². The van der Waals surface area contributed by atoms with Crippen LogP contribution >= 0.6 is 11.8 Å². The van der Waals surface area contributed by atoms with Gasteiger partial charge in [0.15, 0.2) is 0 Å². The zero-order chi connectivity index (χ0) is 14.6. The van der Waals surface area contributed by atoms with Crippen molar-refractivity contribution in [1.29, 1.82) is 0 Å².